The molecule has 12 aromatic carbocycles. The van der Waals surface area contributed by atoms with E-state index in [4.69, 9.17) is 0 Å². The summed E-state index contributed by atoms with van der Waals surface area (Å²) < 4.78 is 0. The Balaban J connectivity index is 1.11. The Kier molecular flexibility index (Phi) is 9.77. The molecular formula is C74H49N. The van der Waals surface area contributed by atoms with E-state index in [-0.39, 0.29) is 0 Å². The van der Waals surface area contributed by atoms with Gasteiger partial charge in [0.2, 0.25) is 0 Å². The maximum atomic E-state index is 2.66. The van der Waals surface area contributed by atoms with Crippen LogP contribution in [0.4, 0.5) is 17.1 Å². The van der Waals surface area contributed by atoms with E-state index in [9.17, 15) is 0 Å². The molecule has 350 valence electrons. The van der Waals surface area contributed by atoms with Gasteiger partial charge in [-0.25, -0.2) is 0 Å². The topological polar surface area (TPSA) is 3.24 Å². The van der Waals surface area contributed by atoms with Crippen LogP contribution in [0.3, 0.4) is 0 Å². The quantitative estimate of drug-likeness (QED) is 0.147. The van der Waals surface area contributed by atoms with Crippen molar-refractivity contribution in [3.8, 4) is 66.8 Å². The van der Waals surface area contributed by atoms with Crippen molar-refractivity contribution in [3.05, 3.63) is 342 Å². The predicted octanol–water partition coefficient (Wildman–Crippen LogP) is 18.9. The monoisotopic (exact) mass is 951 g/mol. The standard InChI is InChI=1S/C74H49N/c1-5-26-50(27-6-1)54-34-13-14-37-58(54)70-55(51-28-7-2-8-29-51)40-23-47-67(70)75(68-48-24-45-65-71(68)59-38-17-21-43-63(59)73(65,52-30-9-3-10-31-52)53-32-11-4-12-33-53)69-49-25-46-66-72(69)60-39-18-22-44-64(60)74(66)61-41-19-15-35-56(61)57-36-16-20-42-62(57)74/h1-49H. The Labute approximate surface area is 439 Å². The minimum Gasteiger partial charge on any atom is -0.309 e. The first-order chi connectivity index (χ1) is 37.3. The van der Waals surface area contributed by atoms with E-state index in [0.29, 0.717) is 0 Å². The van der Waals surface area contributed by atoms with Crippen LogP contribution in [0.15, 0.2) is 297 Å². The zero-order valence-electron chi connectivity index (χ0n) is 41.2. The van der Waals surface area contributed by atoms with Crippen LogP contribution in [0.5, 0.6) is 0 Å². The Bertz CT molecular complexity index is 3990. The molecule has 0 saturated heterocycles. The van der Waals surface area contributed by atoms with Gasteiger partial charge in [-0.1, -0.05) is 279 Å². The van der Waals surface area contributed by atoms with Crippen molar-refractivity contribution in [1.82, 2.24) is 0 Å². The van der Waals surface area contributed by atoms with E-state index in [2.05, 4.69) is 302 Å². The molecule has 1 nitrogen and oxygen atoms in total. The Morgan fingerprint density at radius 3 is 0.987 bits per heavy atom. The lowest BCUT2D eigenvalue weighted by Gasteiger charge is -2.35. The highest BCUT2D eigenvalue weighted by atomic mass is 15.2. The van der Waals surface area contributed by atoms with Crippen LogP contribution < -0.4 is 4.90 Å². The average molecular weight is 952 g/mol. The molecule has 0 unspecified atom stereocenters. The molecule has 0 saturated carbocycles. The summed E-state index contributed by atoms with van der Waals surface area (Å²) in [6.45, 7) is 0. The smallest absolute Gasteiger partial charge is 0.0726 e. The minimum absolute atomic E-state index is 0.531. The summed E-state index contributed by atoms with van der Waals surface area (Å²) in [5, 5.41) is 0. The molecule has 75 heavy (non-hydrogen) atoms. The van der Waals surface area contributed by atoms with E-state index in [1.807, 2.05) is 0 Å². The third-order valence-corrected chi connectivity index (χ3v) is 16.6. The lowest BCUT2D eigenvalue weighted by Crippen LogP contribution is -2.28. The van der Waals surface area contributed by atoms with Crippen molar-refractivity contribution in [1.29, 1.82) is 0 Å². The fourth-order valence-corrected chi connectivity index (χ4v) is 13.8. The van der Waals surface area contributed by atoms with Gasteiger partial charge < -0.3 is 4.90 Å². The Morgan fingerprint density at radius 1 is 0.187 bits per heavy atom. The number of anilines is 3. The number of nitrogens with zero attached hydrogens (tertiary/aromatic N) is 1. The number of rotatable bonds is 8. The fourth-order valence-electron chi connectivity index (χ4n) is 13.8. The molecule has 0 amide bonds. The van der Waals surface area contributed by atoms with Crippen molar-refractivity contribution in [2.45, 2.75) is 10.8 Å². The van der Waals surface area contributed by atoms with E-state index in [0.717, 1.165) is 22.6 Å². The first kappa shape index (κ1) is 43.1. The van der Waals surface area contributed by atoms with Gasteiger partial charge in [-0.2, -0.15) is 0 Å². The van der Waals surface area contributed by atoms with Gasteiger partial charge in [0.1, 0.15) is 0 Å². The SMILES string of the molecule is c1ccc(-c2ccccc2-c2c(-c3ccccc3)cccc2N(c2cccc3c2-c2ccccc2C3(c2ccccc2)c2ccccc2)c2cccc3c2-c2ccccc2C32c3ccccc3-c3ccccc32)cc1. The second kappa shape index (κ2) is 17.0. The van der Waals surface area contributed by atoms with Crippen LogP contribution in [0.1, 0.15) is 44.5 Å². The number of hydrogen-bond donors (Lipinski definition) is 0. The van der Waals surface area contributed by atoms with E-state index in [1.165, 1.54) is 106 Å². The van der Waals surface area contributed by atoms with E-state index < -0.39 is 10.8 Å². The molecule has 1 spiro atoms. The van der Waals surface area contributed by atoms with Crippen LogP contribution in [0.25, 0.3) is 66.8 Å². The van der Waals surface area contributed by atoms with Crippen molar-refractivity contribution in [2.75, 3.05) is 4.90 Å². The van der Waals surface area contributed by atoms with Crippen molar-refractivity contribution in [3.63, 3.8) is 0 Å². The van der Waals surface area contributed by atoms with Crippen LogP contribution >= 0.6 is 0 Å². The molecule has 0 radical (unpaired) electrons. The normalized spacial score (nSPS) is 13.5. The van der Waals surface area contributed by atoms with Gasteiger partial charge in [0.05, 0.1) is 27.9 Å². The zero-order valence-corrected chi connectivity index (χ0v) is 41.2. The Hall–Kier alpha value is -9.56. The van der Waals surface area contributed by atoms with Crippen LogP contribution in [-0.2, 0) is 10.8 Å². The molecule has 0 heterocycles. The summed E-state index contributed by atoms with van der Waals surface area (Å²) in [4.78, 5) is 2.66. The summed E-state index contributed by atoms with van der Waals surface area (Å²) in [5.41, 5.74) is 27.1. The largest absolute Gasteiger partial charge is 0.309 e. The van der Waals surface area contributed by atoms with Gasteiger partial charge >= 0.3 is 0 Å². The highest BCUT2D eigenvalue weighted by molar-refractivity contribution is 6.08. The lowest BCUT2D eigenvalue weighted by atomic mass is 9.68. The lowest BCUT2D eigenvalue weighted by molar-refractivity contribution is 0.768. The van der Waals surface area contributed by atoms with Gasteiger partial charge in [0.25, 0.3) is 0 Å². The second-order valence-electron chi connectivity index (χ2n) is 20.1. The molecular weight excluding hydrogens is 903 g/mol. The minimum atomic E-state index is -0.600. The van der Waals surface area contributed by atoms with Gasteiger partial charge in [0, 0.05) is 16.7 Å². The highest BCUT2D eigenvalue weighted by Gasteiger charge is 2.53. The second-order valence-corrected chi connectivity index (χ2v) is 20.1. The van der Waals surface area contributed by atoms with E-state index in [1.54, 1.807) is 0 Å². The number of benzene rings is 12. The molecule has 1 heteroatoms. The first-order valence-electron chi connectivity index (χ1n) is 26.2. The number of hydrogen-bond acceptors (Lipinski definition) is 1. The molecule has 12 aromatic rings. The molecule has 3 aliphatic rings. The zero-order chi connectivity index (χ0) is 49.5. The summed E-state index contributed by atoms with van der Waals surface area (Å²) in [5.74, 6) is 0. The third kappa shape index (κ3) is 6.07. The summed E-state index contributed by atoms with van der Waals surface area (Å²) in [7, 11) is 0. The molecule has 3 aliphatic carbocycles. The molecule has 0 aliphatic heterocycles. The van der Waals surface area contributed by atoms with Crippen molar-refractivity contribution >= 4 is 17.1 Å². The predicted molar refractivity (Wildman–Crippen MR) is 311 cm³/mol. The molecule has 0 N–H and O–H groups in total. The van der Waals surface area contributed by atoms with Gasteiger partial charge in [0.15, 0.2) is 0 Å². The van der Waals surface area contributed by atoms with Gasteiger partial charge in [-0.05, 0) is 113 Å². The molecule has 0 fully saturated rings. The summed E-state index contributed by atoms with van der Waals surface area (Å²) >= 11 is 0. The maximum absolute atomic E-state index is 2.66. The summed E-state index contributed by atoms with van der Waals surface area (Å²) in [6.07, 6.45) is 0. The maximum Gasteiger partial charge on any atom is 0.0726 e. The number of fused-ring (bicyclic) bond motifs is 13. The van der Waals surface area contributed by atoms with Crippen molar-refractivity contribution < 1.29 is 0 Å². The molecule has 0 aromatic heterocycles. The van der Waals surface area contributed by atoms with Crippen LogP contribution in [0.2, 0.25) is 0 Å². The first-order valence-corrected chi connectivity index (χ1v) is 26.2. The molecule has 0 atom stereocenters. The summed E-state index contributed by atoms with van der Waals surface area (Å²) in [6, 6.07) is 111. The third-order valence-electron chi connectivity index (χ3n) is 16.6. The molecule has 15 rings (SSSR count). The fraction of sp³-hybridized carbons (Fsp3) is 0.0270. The van der Waals surface area contributed by atoms with Gasteiger partial charge in [-0.3, -0.25) is 0 Å². The van der Waals surface area contributed by atoms with Crippen molar-refractivity contribution in [2.24, 2.45) is 0 Å². The Morgan fingerprint density at radius 2 is 0.493 bits per heavy atom. The van der Waals surface area contributed by atoms with Crippen LogP contribution in [-0.4, -0.2) is 0 Å². The van der Waals surface area contributed by atoms with Crippen LogP contribution in [0, 0.1) is 0 Å². The van der Waals surface area contributed by atoms with E-state index >= 15 is 0 Å². The van der Waals surface area contributed by atoms with Gasteiger partial charge in [-0.15, -0.1) is 0 Å². The average Bonchev–Trinajstić information content (AvgIpc) is 4.10. The molecule has 0 bridgehead atoms. The highest BCUT2D eigenvalue weighted by Crippen LogP contribution is 2.66.